The van der Waals surface area contributed by atoms with Crippen molar-refractivity contribution in [2.45, 2.75) is 11.8 Å². The van der Waals surface area contributed by atoms with Crippen LogP contribution in [0.15, 0.2) is 42.5 Å². The quantitative estimate of drug-likeness (QED) is 0.675. The van der Waals surface area contributed by atoms with Gasteiger partial charge in [0.2, 0.25) is 0 Å². The fourth-order valence-corrected chi connectivity index (χ4v) is 2.65. The van der Waals surface area contributed by atoms with Crippen molar-refractivity contribution in [1.82, 2.24) is 0 Å². The maximum atomic E-state index is 6.47. The minimum absolute atomic E-state index is 0.242. The van der Waals surface area contributed by atoms with E-state index in [-0.39, 0.29) is 5.38 Å². The Morgan fingerprint density at radius 1 is 1.11 bits per heavy atom. The van der Waals surface area contributed by atoms with Crippen molar-refractivity contribution in [3.05, 3.63) is 63.6 Å². The van der Waals surface area contributed by atoms with Crippen LogP contribution in [0.4, 0.5) is 0 Å². The van der Waals surface area contributed by atoms with E-state index in [0.29, 0.717) is 16.5 Å². The highest BCUT2D eigenvalue weighted by Crippen LogP contribution is 2.35. The molecule has 0 amide bonds. The Morgan fingerprint density at radius 3 is 2.53 bits per heavy atom. The van der Waals surface area contributed by atoms with Gasteiger partial charge in [-0.25, -0.2) is 0 Å². The van der Waals surface area contributed by atoms with Crippen molar-refractivity contribution in [2.75, 3.05) is 7.11 Å². The molecule has 0 fully saturated rings. The van der Waals surface area contributed by atoms with Crippen molar-refractivity contribution < 1.29 is 4.74 Å². The van der Waals surface area contributed by atoms with E-state index in [1.165, 1.54) is 0 Å². The lowest BCUT2D eigenvalue weighted by Gasteiger charge is -2.15. The zero-order chi connectivity index (χ0) is 13.8. The Morgan fingerprint density at radius 2 is 1.84 bits per heavy atom. The lowest BCUT2D eigenvalue weighted by Crippen LogP contribution is -2.00. The zero-order valence-electron chi connectivity index (χ0n) is 10.4. The standard InChI is InChI=1S/C15H13Cl3O/c1-19-15-7-6-11(16)9-12(15)14(18)8-10-4-2-3-5-13(10)17/h2-7,9,14H,8H2,1H3. The first kappa shape index (κ1) is 14.5. The van der Waals surface area contributed by atoms with E-state index in [4.69, 9.17) is 39.5 Å². The molecule has 0 spiro atoms. The molecule has 4 heteroatoms. The van der Waals surface area contributed by atoms with Crippen LogP contribution >= 0.6 is 34.8 Å². The summed E-state index contributed by atoms with van der Waals surface area (Å²) in [6.07, 6.45) is 0.623. The number of methoxy groups -OCH3 is 1. The average Bonchev–Trinajstić information content (AvgIpc) is 2.41. The van der Waals surface area contributed by atoms with Crippen molar-refractivity contribution >= 4 is 34.8 Å². The summed E-state index contributed by atoms with van der Waals surface area (Å²) in [7, 11) is 1.62. The van der Waals surface area contributed by atoms with Crippen molar-refractivity contribution in [2.24, 2.45) is 0 Å². The van der Waals surface area contributed by atoms with Crippen molar-refractivity contribution in [3.63, 3.8) is 0 Å². The second-order valence-corrected chi connectivity index (χ2v) is 5.52. The summed E-state index contributed by atoms with van der Waals surface area (Å²) in [5.41, 5.74) is 1.88. The molecule has 0 heterocycles. The highest BCUT2D eigenvalue weighted by molar-refractivity contribution is 6.31. The number of rotatable bonds is 4. The first-order valence-corrected chi connectivity index (χ1v) is 7.02. The molecule has 0 saturated carbocycles. The Bertz CT molecular complexity index is 569. The molecular formula is C15H13Cl3O. The minimum atomic E-state index is -0.242. The minimum Gasteiger partial charge on any atom is -0.496 e. The van der Waals surface area contributed by atoms with Crippen LogP contribution in [-0.2, 0) is 6.42 Å². The first-order chi connectivity index (χ1) is 9.11. The fraction of sp³-hybridized carbons (Fsp3) is 0.200. The van der Waals surface area contributed by atoms with Gasteiger partial charge < -0.3 is 4.74 Å². The molecule has 0 N–H and O–H groups in total. The molecule has 0 aromatic heterocycles. The smallest absolute Gasteiger partial charge is 0.123 e. The lowest BCUT2D eigenvalue weighted by molar-refractivity contribution is 0.409. The molecule has 100 valence electrons. The highest BCUT2D eigenvalue weighted by Gasteiger charge is 2.16. The molecule has 0 saturated heterocycles. The third kappa shape index (κ3) is 3.56. The van der Waals surface area contributed by atoms with Gasteiger partial charge in [0.1, 0.15) is 5.75 Å². The van der Waals surface area contributed by atoms with Gasteiger partial charge in [-0.3, -0.25) is 0 Å². The maximum Gasteiger partial charge on any atom is 0.123 e. The summed E-state index contributed by atoms with van der Waals surface area (Å²) in [5.74, 6) is 0.733. The lowest BCUT2D eigenvalue weighted by atomic mass is 10.0. The molecule has 1 nitrogen and oxygen atoms in total. The van der Waals surface area contributed by atoms with Gasteiger partial charge in [0, 0.05) is 15.6 Å². The van der Waals surface area contributed by atoms with E-state index in [1.807, 2.05) is 36.4 Å². The van der Waals surface area contributed by atoms with Crippen LogP contribution < -0.4 is 4.74 Å². The van der Waals surface area contributed by atoms with Crippen LogP contribution in [0.5, 0.6) is 5.75 Å². The van der Waals surface area contributed by atoms with Crippen LogP contribution in [0.2, 0.25) is 10.0 Å². The fourth-order valence-electron chi connectivity index (χ4n) is 1.92. The van der Waals surface area contributed by atoms with Crippen molar-refractivity contribution in [1.29, 1.82) is 0 Å². The average molecular weight is 316 g/mol. The molecule has 2 aromatic rings. The van der Waals surface area contributed by atoms with Gasteiger partial charge in [0.25, 0.3) is 0 Å². The highest BCUT2D eigenvalue weighted by atomic mass is 35.5. The maximum absolute atomic E-state index is 6.47. The molecule has 0 aliphatic heterocycles. The first-order valence-electron chi connectivity index (χ1n) is 5.82. The van der Waals surface area contributed by atoms with Crippen LogP contribution in [0.3, 0.4) is 0 Å². The number of ether oxygens (including phenoxy) is 1. The Balaban J connectivity index is 2.27. The Hall–Kier alpha value is -0.890. The summed E-state index contributed by atoms with van der Waals surface area (Å²) in [6, 6.07) is 13.1. The number of hydrogen-bond acceptors (Lipinski definition) is 1. The molecule has 19 heavy (non-hydrogen) atoms. The molecule has 1 unspecified atom stereocenters. The summed E-state index contributed by atoms with van der Waals surface area (Å²) in [5, 5.41) is 1.11. The predicted octanol–water partition coefficient (Wildman–Crippen LogP) is 5.52. The van der Waals surface area contributed by atoms with E-state index in [1.54, 1.807) is 13.2 Å². The van der Waals surface area contributed by atoms with E-state index < -0.39 is 0 Å². The number of hydrogen-bond donors (Lipinski definition) is 0. The van der Waals surface area contributed by atoms with Gasteiger partial charge in [0.05, 0.1) is 12.5 Å². The predicted molar refractivity (Wildman–Crippen MR) is 81.8 cm³/mol. The summed E-state index contributed by atoms with van der Waals surface area (Å²) in [4.78, 5) is 0. The zero-order valence-corrected chi connectivity index (χ0v) is 12.6. The monoisotopic (exact) mass is 314 g/mol. The molecule has 0 radical (unpaired) electrons. The van der Waals surface area contributed by atoms with E-state index >= 15 is 0 Å². The molecule has 2 aromatic carbocycles. The number of alkyl halides is 1. The van der Waals surface area contributed by atoms with Gasteiger partial charge in [-0.2, -0.15) is 0 Å². The molecule has 0 bridgehead atoms. The SMILES string of the molecule is COc1ccc(Cl)cc1C(Cl)Cc1ccccc1Cl. The van der Waals surface area contributed by atoms with Gasteiger partial charge in [-0.1, -0.05) is 41.4 Å². The van der Waals surface area contributed by atoms with E-state index in [9.17, 15) is 0 Å². The van der Waals surface area contributed by atoms with Gasteiger partial charge in [-0.05, 0) is 36.2 Å². The second kappa shape index (κ2) is 6.51. The molecular weight excluding hydrogens is 303 g/mol. The van der Waals surface area contributed by atoms with E-state index in [0.717, 1.165) is 16.9 Å². The normalized spacial score (nSPS) is 12.2. The largest absolute Gasteiger partial charge is 0.496 e. The number of halogens is 3. The van der Waals surface area contributed by atoms with Crippen molar-refractivity contribution in [3.8, 4) is 5.75 Å². The summed E-state index contributed by atoms with van der Waals surface area (Å²) in [6.45, 7) is 0. The molecule has 2 rings (SSSR count). The van der Waals surface area contributed by atoms with Gasteiger partial charge >= 0.3 is 0 Å². The molecule has 1 atom stereocenters. The third-order valence-electron chi connectivity index (χ3n) is 2.89. The van der Waals surface area contributed by atoms with Crippen LogP contribution in [-0.4, -0.2) is 7.11 Å². The summed E-state index contributed by atoms with van der Waals surface area (Å²) < 4.78 is 5.31. The Labute approximate surface area is 128 Å². The van der Waals surface area contributed by atoms with Gasteiger partial charge in [-0.15, -0.1) is 11.6 Å². The number of benzene rings is 2. The molecule has 0 aliphatic rings. The molecule has 0 aliphatic carbocycles. The van der Waals surface area contributed by atoms with Gasteiger partial charge in [0.15, 0.2) is 0 Å². The van der Waals surface area contributed by atoms with Crippen LogP contribution in [0, 0.1) is 0 Å². The van der Waals surface area contributed by atoms with Crippen LogP contribution in [0.1, 0.15) is 16.5 Å². The third-order valence-corrected chi connectivity index (χ3v) is 3.88. The van der Waals surface area contributed by atoms with Crippen LogP contribution in [0.25, 0.3) is 0 Å². The van der Waals surface area contributed by atoms with E-state index in [2.05, 4.69) is 0 Å². The topological polar surface area (TPSA) is 9.23 Å². The summed E-state index contributed by atoms with van der Waals surface area (Å²) >= 11 is 18.6. The Kier molecular flexibility index (Phi) is 4.98. The second-order valence-electron chi connectivity index (χ2n) is 4.15.